The van der Waals surface area contributed by atoms with Crippen LogP contribution in [0.1, 0.15) is 30.9 Å². The van der Waals surface area contributed by atoms with Gasteiger partial charge in [-0.3, -0.25) is 19.8 Å². The van der Waals surface area contributed by atoms with Gasteiger partial charge in [-0.2, -0.15) is 0 Å². The number of anilines is 1. The first kappa shape index (κ1) is 19.6. The van der Waals surface area contributed by atoms with Gasteiger partial charge in [-0.05, 0) is 59.6 Å². The number of thiocarbonyl (C=S) groups is 1. The number of methoxy groups -OCH3 is 1. The van der Waals surface area contributed by atoms with Crippen molar-refractivity contribution in [1.82, 2.24) is 5.32 Å². The predicted octanol–water partition coefficient (Wildman–Crippen LogP) is 3.36. The van der Waals surface area contributed by atoms with Crippen molar-refractivity contribution in [3.05, 3.63) is 59.2 Å². The zero-order chi connectivity index (χ0) is 20.4. The van der Waals surface area contributed by atoms with E-state index < -0.39 is 11.8 Å². The number of carbonyl (C=O) groups is 2. The third-order valence-electron chi connectivity index (χ3n) is 4.43. The molecule has 1 heterocycles. The number of amides is 2. The van der Waals surface area contributed by atoms with Crippen LogP contribution in [0.4, 0.5) is 5.69 Å². The topological polar surface area (TPSA) is 78.9 Å². The maximum Gasteiger partial charge on any atom is 0.270 e. The standard InChI is InChI=1S/C21H20N2O4S/c1-12(2)14-5-7-15(8-6-14)23-20(26)16(19(25)22-21(23)28)10-13-4-9-18(27-3)17(24)11-13/h4-12,24H,1-3H3,(H,22,25,28)/b16-10+. The zero-order valence-corrected chi connectivity index (χ0v) is 16.5. The number of hydrogen-bond donors (Lipinski definition) is 2. The molecule has 0 spiro atoms. The lowest BCUT2D eigenvalue weighted by atomic mass is 10.0. The fourth-order valence-corrected chi connectivity index (χ4v) is 3.14. The van der Waals surface area contributed by atoms with Gasteiger partial charge in [0.25, 0.3) is 11.8 Å². The SMILES string of the molecule is COc1ccc(/C=C2\C(=O)NC(=S)N(c3ccc(C(C)C)cc3)C2=O)cc1O. The Hall–Kier alpha value is -3.19. The van der Waals surface area contributed by atoms with Crippen LogP contribution >= 0.6 is 12.2 Å². The van der Waals surface area contributed by atoms with Crippen LogP contribution in [0.2, 0.25) is 0 Å². The average Bonchev–Trinajstić information content (AvgIpc) is 2.65. The van der Waals surface area contributed by atoms with Crippen molar-refractivity contribution < 1.29 is 19.4 Å². The fourth-order valence-electron chi connectivity index (χ4n) is 2.86. The summed E-state index contributed by atoms with van der Waals surface area (Å²) in [6.45, 7) is 4.16. The van der Waals surface area contributed by atoms with Gasteiger partial charge in [0.05, 0.1) is 12.8 Å². The van der Waals surface area contributed by atoms with E-state index >= 15 is 0 Å². The summed E-state index contributed by atoms with van der Waals surface area (Å²) in [7, 11) is 1.44. The Morgan fingerprint density at radius 2 is 1.82 bits per heavy atom. The highest BCUT2D eigenvalue weighted by molar-refractivity contribution is 7.80. The molecule has 2 N–H and O–H groups in total. The fraction of sp³-hybridized carbons (Fsp3) is 0.190. The Kier molecular flexibility index (Phi) is 5.46. The average molecular weight is 396 g/mol. The van der Waals surface area contributed by atoms with Gasteiger partial charge in [-0.1, -0.05) is 32.0 Å². The molecule has 2 amide bonds. The smallest absolute Gasteiger partial charge is 0.270 e. The molecule has 1 saturated heterocycles. The van der Waals surface area contributed by atoms with Crippen molar-refractivity contribution in [2.75, 3.05) is 12.0 Å². The lowest BCUT2D eigenvalue weighted by molar-refractivity contribution is -0.122. The van der Waals surface area contributed by atoms with Crippen molar-refractivity contribution >= 4 is 40.9 Å². The van der Waals surface area contributed by atoms with Crippen LogP contribution in [-0.2, 0) is 9.59 Å². The predicted molar refractivity (Wildman–Crippen MR) is 111 cm³/mol. The van der Waals surface area contributed by atoms with Gasteiger partial charge >= 0.3 is 0 Å². The number of carbonyl (C=O) groups excluding carboxylic acids is 2. The Balaban J connectivity index is 1.96. The van der Waals surface area contributed by atoms with Crippen molar-refractivity contribution in [2.45, 2.75) is 19.8 Å². The maximum atomic E-state index is 13.0. The molecule has 6 nitrogen and oxygen atoms in total. The molecule has 1 aliphatic rings. The van der Waals surface area contributed by atoms with E-state index in [9.17, 15) is 14.7 Å². The Morgan fingerprint density at radius 1 is 1.14 bits per heavy atom. The van der Waals surface area contributed by atoms with Gasteiger partial charge in [-0.25, -0.2) is 0 Å². The van der Waals surface area contributed by atoms with Crippen LogP contribution < -0.4 is 15.0 Å². The van der Waals surface area contributed by atoms with Gasteiger partial charge in [-0.15, -0.1) is 0 Å². The van der Waals surface area contributed by atoms with E-state index in [1.807, 2.05) is 12.1 Å². The highest BCUT2D eigenvalue weighted by Gasteiger charge is 2.34. The summed E-state index contributed by atoms with van der Waals surface area (Å²) in [5.41, 5.74) is 2.11. The number of nitrogens with zero attached hydrogens (tertiary/aromatic N) is 1. The molecule has 3 rings (SSSR count). The Bertz CT molecular complexity index is 980. The second kappa shape index (κ2) is 7.82. The second-order valence-corrected chi connectivity index (χ2v) is 7.02. The molecule has 144 valence electrons. The molecule has 7 heteroatoms. The molecule has 0 saturated carbocycles. The Morgan fingerprint density at radius 3 is 2.39 bits per heavy atom. The van der Waals surface area contributed by atoms with Gasteiger partial charge < -0.3 is 9.84 Å². The summed E-state index contributed by atoms with van der Waals surface area (Å²) < 4.78 is 5.01. The lowest BCUT2D eigenvalue weighted by Gasteiger charge is -2.29. The minimum absolute atomic E-state index is 0.0297. The monoisotopic (exact) mass is 396 g/mol. The molecule has 1 aliphatic heterocycles. The third kappa shape index (κ3) is 3.75. The molecule has 0 bridgehead atoms. The van der Waals surface area contributed by atoms with Crippen molar-refractivity contribution in [3.63, 3.8) is 0 Å². The first-order valence-electron chi connectivity index (χ1n) is 8.70. The van der Waals surface area contributed by atoms with Crippen LogP contribution in [0, 0.1) is 0 Å². The number of hydrogen-bond acceptors (Lipinski definition) is 5. The molecule has 0 aromatic heterocycles. The number of phenolic OH excluding ortho intramolecular Hbond substituents is 1. The molecule has 28 heavy (non-hydrogen) atoms. The van der Waals surface area contributed by atoms with E-state index in [0.29, 0.717) is 22.9 Å². The summed E-state index contributed by atoms with van der Waals surface area (Å²) in [5.74, 6) is -0.538. The molecule has 2 aromatic rings. The third-order valence-corrected chi connectivity index (χ3v) is 4.72. The summed E-state index contributed by atoms with van der Waals surface area (Å²) in [5, 5.41) is 12.5. The van der Waals surface area contributed by atoms with E-state index in [2.05, 4.69) is 19.2 Å². The molecule has 2 aromatic carbocycles. The molecule has 0 atom stereocenters. The Labute approximate surface area is 168 Å². The molecule has 1 fully saturated rings. The number of phenols is 1. The van der Waals surface area contributed by atoms with Gasteiger partial charge in [0.1, 0.15) is 5.57 Å². The first-order valence-corrected chi connectivity index (χ1v) is 9.11. The molecule has 0 aliphatic carbocycles. The largest absolute Gasteiger partial charge is 0.504 e. The van der Waals surface area contributed by atoms with E-state index in [1.54, 1.807) is 24.3 Å². The number of ether oxygens (including phenoxy) is 1. The number of nitrogens with one attached hydrogen (secondary N) is 1. The van der Waals surface area contributed by atoms with E-state index in [4.69, 9.17) is 17.0 Å². The molecular weight excluding hydrogens is 376 g/mol. The zero-order valence-electron chi connectivity index (χ0n) is 15.7. The normalized spacial score (nSPS) is 15.9. The van der Waals surface area contributed by atoms with Crippen molar-refractivity contribution in [2.24, 2.45) is 0 Å². The molecule has 0 unspecified atom stereocenters. The summed E-state index contributed by atoms with van der Waals surface area (Å²) in [6.07, 6.45) is 1.41. The van der Waals surface area contributed by atoms with Gasteiger partial charge in [0.15, 0.2) is 16.6 Å². The van der Waals surface area contributed by atoms with E-state index in [-0.39, 0.29) is 16.4 Å². The molecule has 0 radical (unpaired) electrons. The number of rotatable bonds is 4. The van der Waals surface area contributed by atoms with Crippen LogP contribution in [0.25, 0.3) is 6.08 Å². The number of aromatic hydroxyl groups is 1. The minimum atomic E-state index is -0.583. The lowest BCUT2D eigenvalue weighted by Crippen LogP contribution is -2.54. The summed E-state index contributed by atoms with van der Waals surface area (Å²) in [4.78, 5) is 26.6. The second-order valence-electron chi connectivity index (χ2n) is 6.64. The quantitative estimate of drug-likeness (QED) is 0.471. The van der Waals surface area contributed by atoms with Crippen LogP contribution in [0.15, 0.2) is 48.0 Å². The van der Waals surface area contributed by atoms with Crippen LogP contribution in [0.3, 0.4) is 0 Å². The maximum absolute atomic E-state index is 13.0. The van der Waals surface area contributed by atoms with Gasteiger partial charge in [0.2, 0.25) is 0 Å². The molecular formula is C21H20N2O4S. The highest BCUT2D eigenvalue weighted by Crippen LogP contribution is 2.28. The summed E-state index contributed by atoms with van der Waals surface area (Å²) >= 11 is 5.21. The van der Waals surface area contributed by atoms with E-state index in [1.165, 1.54) is 24.2 Å². The highest BCUT2D eigenvalue weighted by atomic mass is 32.1. The van der Waals surface area contributed by atoms with E-state index in [0.717, 1.165) is 5.56 Å². The summed E-state index contributed by atoms with van der Waals surface area (Å²) in [6, 6.07) is 12.1. The first-order chi connectivity index (χ1) is 13.3. The van der Waals surface area contributed by atoms with Crippen LogP contribution in [-0.4, -0.2) is 29.1 Å². The minimum Gasteiger partial charge on any atom is -0.504 e. The van der Waals surface area contributed by atoms with Gasteiger partial charge in [0, 0.05) is 0 Å². The van der Waals surface area contributed by atoms with Crippen LogP contribution in [0.5, 0.6) is 11.5 Å². The number of benzene rings is 2. The van der Waals surface area contributed by atoms with Crippen molar-refractivity contribution in [3.8, 4) is 11.5 Å². The van der Waals surface area contributed by atoms with Crippen molar-refractivity contribution in [1.29, 1.82) is 0 Å².